The third-order valence-corrected chi connectivity index (χ3v) is 7.07. The Bertz CT molecular complexity index is 971. The largest absolute Gasteiger partial charge is 0.497 e. The predicted molar refractivity (Wildman–Crippen MR) is 132 cm³/mol. The summed E-state index contributed by atoms with van der Waals surface area (Å²) in [5.41, 5.74) is 1.99. The summed E-state index contributed by atoms with van der Waals surface area (Å²) in [7, 11) is -2.13. The molecule has 4 N–H and O–H groups in total. The van der Waals surface area contributed by atoms with Crippen molar-refractivity contribution >= 4 is 10.2 Å². The highest BCUT2D eigenvalue weighted by atomic mass is 32.2. The molecule has 1 saturated carbocycles. The zero-order chi connectivity index (χ0) is 23.7. The summed E-state index contributed by atoms with van der Waals surface area (Å²) >= 11 is 0. The molecule has 0 saturated heterocycles. The fraction of sp³-hybridized carbons (Fsp3) is 0.520. The second-order valence-electron chi connectivity index (χ2n) is 8.88. The molecule has 182 valence electrons. The van der Waals surface area contributed by atoms with E-state index in [1.54, 1.807) is 7.11 Å². The second kappa shape index (κ2) is 11.8. The normalized spacial score (nSPS) is 21.0. The summed E-state index contributed by atoms with van der Waals surface area (Å²) in [4.78, 5) is 0. The van der Waals surface area contributed by atoms with E-state index in [0.717, 1.165) is 68.7 Å². The number of nitrogens with one attached hydrogen (secondary N) is 2. The van der Waals surface area contributed by atoms with Crippen molar-refractivity contribution in [1.29, 1.82) is 0 Å². The molecule has 0 atom stereocenters. The van der Waals surface area contributed by atoms with Crippen molar-refractivity contribution in [3.63, 3.8) is 0 Å². The molecule has 0 bridgehead atoms. The van der Waals surface area contributed by atoms with Crippen LogP contribution in [0.4, 0.5) is 0 Å². The Kier molecular flexibility index (Phi) is 9.14. The topological polar surface area (TPSA) is 103 Å². The van der Waals surface area contributed by atoms with Crippen LogP contribution in [-0.4, -0.2) is 34.7 Å². The van der Waals surface area contributed by atoms with E-state index in [0.29, 0.717) is 6.04 Å². The van der Waals surface area contributed by atoms with Gasteiger partial charge < -0.3 is 14.8 Å². The van der Waals surface area contributed by atoms with Gasteiger partial charge in [-0.05, 0) is 67.5 Å². The van der Waals surface area contributed by atoms with Gasteiger partial charge in [0, 0.05) is 24.5 Å². The van der Waals surface area contributed by atoms with Gasteiger partial charge in [0.2, 0.25) is 0 Å². The molecule has 0 heterocycles. The molecule has 0 radical (unpaired) electrons. The van der Waals surface area contributed by atoms with Crippen LogP contribution in [0.25, 0.3) is 0 Å². The molecule has 0 aromatic heterocycles. The van der Waals surface area contributed by atoms with E-state index in [1.807, 2.05) is 36.4 Å². The van der Waals surface area contributed by atoms with Gasteiger partial charge in [-0.15, -0.1) is 0 Å². The zero-order valence-corrected chi connectivity index (χ0v) is 20.5. The Morgan fingerprint density at radius 1 is 1.09 bits per heavy atom. The maximum atomic E-state index is 11.6. The van der Waals surface area contributed by atoms with Gasteiger partial charge in [0.1, 0.15) is 11.5 Å². The molecule has 3 rings (SSSR count). The quantitative estimate of drug-likeness (QED) is 0.407. The SMILES string of the molecule is CCCCOc1ccc(CNC2CCC(CNS(N)(=O)=O)(c3cccc(OC)c3)CC2)cc1. The lowest BCUT2D eigenvalue weighted by molar-refractivity contribution is 0.245. The van der Waals surface area contributed by atoms with Crippen LogP contribution in [0, 0.1) is 0 Å². The Balaban J connectivity index is 1.59. The average molecular weight is 476 g/mol. The highest BCUT2D eigenvalue weighted by Crippen LogP contribution is 2.40. The number of hydrogen-bond acceptors (Lipinski definition) is 5. The molecule has 0 aliphatic heterocycles. The Hall–Kier alpha value is -2.13. The van der Waals surface area contributed by atoms with Crippen molar-refractivity contribution < 1.29 is 17.9 Å². The molecular weight excluding hydrogens is 438 g/mol. The number of benzene rings is 2. The van der Waals surface area contributed by atoms with Gasteiger partial charge in [0.15, 0.2) is 0 Å². The lowest BCUT2D eigenvalue weighted by Gasteiger charge is -2.41. The molecule has 33 heavy (non-hydrogen) atoms. The molecule has 7 nitrogen and oxygen atoms in total. The van der Waals surface area contributed by atoms with Crippen molar-refractivity contribution in [1.82, 2.24) is 10.0 Å². The fourth-order valence-corrected chi connectivity index (χ4v) is 4.91. The lowest BCUT2D eigenvalue weighted by atomic mass is 9.68. The van der Waals surface area contributed by atoms with Crippen LogP contribution in [0.3, 0.4) is 0 Å². The van der Waals surface area contributed by atoms with E-state index in [2.05, 4.69) is 29.1 Å². The van der Waals surface area contributed by atoms with E-state index < -0.39 is 10.2 Å². The van der Waals surface area contributed by atoms with Gasteiger partial charge in [-0.2, -0.15) is 8.42 Å². The van der Waals surface area contributed by atoms with E-state index in [9.17, 15) is 8.42 Å². The smallest absolute Gasteiger partial charge is 0.274 e. The molecule has 1 aliphatic carbocycles. The standard InChI is InChI=1S/C25H37N3O4S/c1-3-4-16-32-23-10-8-20(9-11-23)18-27-22-12-14-25(15-13-22,19-28-33(26,29)30)21-6-5-7-24(17-21)31-2/h5-11,17,22,27-28H,3-4,12-16,18-19H2,1-2H3,(H2,26,29,30). The average Bonchev–Trinajstić information content (AvgIpc) is 2.83. The van der Waals surface area contributed by atoms with Gasteiger partial charge >= 0.3 is 0 Å². The summed E-state index contributed by atoms with van der Waals surface area (Å²) in [6.45, 7) is 3.99. The number of ether oxygens (including phenoxy) is 2. The molecule has 1 aliphatic rings. The van der Waals surface area contributed by atoms with Crippen LogP contribution in [0.15, 0.2) is 48.5 Å². The molecule has 0 amide bonds. The first-order valence-electron chi connectivity index (χ1n) is 11.7. The van der Waals surface area contributed by atoms with Crippen molar-refractivity contribution in [3.05, 3.63) is 59.7 Å². The number of hydrogen-bond donors (Lipinski definition) is 3. The van der Waals surface area contributed by atoms with Crippen molar-refractivity contribution in [3.8, 4) is 11.5 Å². The van der Waals surface area contributed by atoms with Gasteiger partial charge in [-0.1, -0.05) is 37.6 Å². The number of unbranched alkanes of at least 4 members (excludes halogenated alkanes) is 1. The van der Waals surface area contributed by atoms with E-state index in [1.165, 1.54) is 5.56 Å². The first-order chi connectivity index (χ1) is 15.8. The number of nitrogens with two attached hydrogens (primary N) is 1. The monoisotopic (exact) mass is 475 g/mol. The minimum Gasteiger partial charge on any atom is -0.497 e. The van der Waals surface area contributed by atoms with Crippen LogP contribution in [0.5, 0.6) is 11.5 Å². The van der Waals surface area contributed by atoms with E-state index >= 15 is 0 Å². The van der Waals surface area contributed by atoms with Crippen LogP contribution in [0.1, 0.15) is 56.6 Å². The first-order valence-corrected chi connectivity index (χ1v) is 13.3. The summed E-state index contributed by atoms with van der Waals surface area (Å²) in [5, 5.41) is 8.91. The van der Waals surface area contributed by atoms with E-state index in [4.69, 9.17) is 14.6 Å². The summed E-state index contributed by atoms with van der Waals surface area (Å²) in [5.74, 6) is 1.68. The summed E-state index contributed by atoms with van der Waals surface area (Å²) < 4.78 is 36.9. The maximum Gasteiger partial charge on any atom is 0.274 e. The highest BCUT2D eigenvalue weighted by molar-refractivity contribution is 7.87. The fourth-order valence-electron chi connectivity index (χ4n) is 4.43. The van der Waals surface area contributed by atoms with Gasteiger partial charge in [0.05, 0.1) is 13.7 Å². The third kappa shape index (κ3) is 7.71. The first kappa shape index (κ1) is 25.5. The third-order valence-electron chi connectivity index (χ3n) is 6.52. The molecule has 8 heteroatoms. The minimum atomic E-state index is -3.76. The van der Waals surface area contributed by atoms with E-state index in [-0.39, 0.29) is 12.0 Å². The van der Waals surface area contributed by atoms with Crippen LogP contribution >= 0.6 is 0 Å². The van der Waals surface area contributed by atoms with Crippen LogP contribution in [-0.2, 0) is 22.2 Å². The lowest BCUT2D eigenvalue weighted by Crippen LogP contribution is -2.47. The number of rotatable bonds is 12. The molecule has 1 fully saturated rings. The number of methoxy groups -OCH3 is 1. The highest BCUT2D eigenvalue weighted by Gasteiger charge is 2.37. The zero-order valence-electron chi connectivity index (χ0n) is 19.7. The summed E-state index contributed by atoms with van der Waals surface area (Å²) in [6.07, 6.45) is 5.79. The molecule has 2 aromatic rings. The van der Waals surface area contributed by atoms with Crippen molar-refractivity contribution in [2.24, 2.45) is 5.14 Å². The molecular formula is C25H37N3O4S. The van der Waals surface area contributed by atoms with Crippen LogP contribution in [0.2, 0.25) is 0 Å². The van der Waals surface area contributed by atoms with Gasteiger partial charge in [0.25, 0.3) is 10.2 Å². The predicted octanol–water partition coefficient (Wildman–Crippen LogP) is 3.64. The van der Waals surface area contributed by atoms with Gasteiger partial charge in [-0.3, -0.25) is 0 Å². The van der Waals surface area contributed by atoms with Crippen molar-refractivity contribution in [2.75, 3.05) is 20.3 Å². The molecule has 0 spiro atoms. The molecule has 0 unspecified atom stereocenters. The van der Waals surface area contributed by atoms with Gasteiger partial charge in [-0.25, -0.2) is 9.86 Å². The Morgan fingerprint density at radius 2 is 1.82 bits per heavy atom. The Morgan fingerprint density at radius 3 is 2.45 bits per heavy atom. The summed E-state index contributed by atoms with van der Waals surface area (Å²) in [6, 6.07) is 16.5. The minimum absolute atomic E-state index is 0.283. The van der Waals surface area contributed by atoms with Crippen molar-refractivity contribution in [2.45, 2.75) is 63.5 Å². The second-order valence-corrected chi connectivity index (χ2v) is 10.3. The van der Waals surface area contributed by atoms with Crippen LogP contribution < -0.4 is 24.7 Å². The maximum absolute atomic E-state index is 11.6. The molecule has 2 aromatic carbocycles. The Labute approximate surface area is 198 Å².